The summed E-state index contributed by atoms with van der Waals surface area (Å²) in [5, 5.41) is 0. The summed E-state index contributed by atoms with van der Waals surface area (Å²) in [7, 11) is -4.31. The van der Waals surface area contributed by atoms with E-state index in [1.54, 1.807) is 6.07 Å². The zero-order chi connectivity index (χ0) is 21.1. The Morgan fingerprint density at radius 3 is 2.28 bits per heavy atom. The molecule has 0 unspecified atom stereocenters. The quantitative estimate of drug-likeness (QED) is 0.506. The average Bonchev–Trinajstić information content (AvgIpc) is 3.18. The molecule has 0 N–H and O–H groups in total. The van der Waals surface area contributed by atoms with Crippen molar-refractivity contribution in [2.45, 2.75) is 24.0 Å². The third-order valence-electron chi connectivity index (χ3n) is 4.32. The van der Waals surface area contributed by atoms with Crippen LogP contribution in [0.5, 0.6) is 0 Å². The highest BCUT2D eigenvalue weighted by Gasteiger charge is 2.34. The highest BCUT2D eigenvalue weighted by atomic mass is 32.2. The summed E-state index contributed by atoms with van der Waals surface area (Å²) in [5.74, 6) is -0.651. The van der Waals surface area contributed by atoms with Gasteiger partial charge < -0.3 is 4.42 Å². The van der Waals surface area contributed by atoms with Crippen LogP contribution in [0.25, 0.3) is 0 Å². The number of rotatable bonds is 7. The minimum absolute atomic E-state index is 0.0480. The number of halogens is 4. The van der Waals surface area contributed by atoms with Crippen LogP contribution in [0.15, 0.2) is 76.2 Å². The lowest BCUT2D eigenvalue weighted by Gasteiger charge is -2.22. The molecule has 9 heteroatoms. The van der Waals surface area contributed by atoms with Gasteiger partial charge in [-0.25, -0.2) is 12.8 Å². The summed E-state index contributed by atoms with van der Waals surface area (Å²) in [6.07, 6.45) is -3.42. The maximum absolute atomic E-state index is 14.1. The molecule has 0 aliphatic rings. The van der Waals surface area contributed by atoms with E-state index >= 15 is 0 Å². The number of nitrogens with zero attached hydrogens (tertiary/aromatic N) is 1. The van der Waals surface area contributed by atoms with Gasteiger partial charge in [0.05, 0.1) is 18.4 Å². The normalized spacial score (nSPS) is 12.4. The number of hydrogen-bond donors (Lipinski definition) is 0. The molecule has 0 fully saturated rings. The monoisotopic (exact) mass is 427 g/mol. The molecule has 0 amide bonds. The lowest BCUT2D eigenvalue weighted by Crippen LogP contribution is -2.33. The largest absolute Gasteiger partial charge is 0.468 e. The number of sulfonamides is 1. The molecule has 4 nitrogen and oxygen atoms in total. The van der Waals surface area contributed by atoms with E-state index in [1.165, 1.54) is 42.7 Å². The average molecular weight is 427 g/mol. The van der Waals surface area contributed by atoms with E-state index in [2.05, 4.69) is 0 Å². The fourth-order valence-electron chi connectivity index (χ4n) is 2.91. The first-order valence-corrected chi connectivity index (χ1v) is 10.1. The Bertz CT molecular complexity index is 1060. The third kappa shape index (κ3) is 4.86. The van der Waals surface area contributed by atoms with Crippen LogP contribution < -0.4 is 0 Å². The fraction of sp³-hybridized carbons (Fsp3) is 0.200. The second kappa shape index (κ2) is 8.38. The molecule has 0 aliphatic carbocycles. The molecule has 3 aromatic rings. The van der Waals surface area contributed by atoms with Gasteiger partial charge in [0.2, 0.25) is 10.0 Å². The van der Waals surface area contributed by atoms with E-state index in [-0.39, 0.29) is 30.8 Å². The second-order valence-electron chi connectivity index (χ2n) is 6.25. The van der Waals surface area contributed by atoms with Gasteiger partial charge in [-0.05, 0) is 42.3 Å². The molecule has 0 bridgehead atoms. The van der Waals surface area contributed by atoms with Crippen LogP contribution in [0.4, 0.5) is 17.6 Å². The third-order valence-corrected chi connectivity index (χ3v) is 6.20. The molecule has 0 radical (unpaired) electrons. The van der Waals surface area contributed by atoms with E-state index in [9.17, 15) is 26.0 Å². The lowest BCUT2D eigenvalue weighted by atomic mass is 10.0. The van der Waals surface area contributed by atoms with Gasteiger partial charge in [0.25, 0.3) is 0 Å². The Hall–Kier alpha value is -2.65. The molecule has 1 aromatic heterocycles. The fourth-order valence-corrected chi connectivity index (χ4v) is 4.39. The lowest BCUT2D eigenvalue weighted by molar-refractivity contribution is -0.138. The molecule has 0 saturated heterocycles. The van der Waals surface area contributed by atoms with Crippen LogP contribution in [0, 0.1) is 5.82 Å². The smallest absolute Gasteiger partial charge is 0.416 e. The summed E-state index contributed by atoms with van der Waals surface area (Å²) >= 11 is 0. The van der Waals surface area contributed by atoms with Gasteiger partial charge >= 0.3 is 6.18 Å². The maximum Gasteiger partial charge on any atom is 0.416 e. The van der Waals surface area contributed by atoms with Gasteiger partial charge in [0, 0.05) is 6.54 Å². The zero-order valence-electron chi connectivity index (χ0n) is 15.1. The molecule has 29 heavy (non-hydrogen) atoms. The molecule has 154 valence electrons. The summed E-state index contributed by atoms with van der Waals surface area (Å²) < 4.78 is 85.9. The van der Waals surface area contributed by atoms with Crippen LogP contribution in [0.1, 0.15) is 16.9 Å². The molecule has 3 rings (SSSR count). The van der Waals surface area contributed by atoms with Crippen LogP contribution in [0.2, 0.25) is 0 Å². The molecular formula is C20H17F4NO3S. The molecule has 1 heterocycles. The molecule has 0 aliphatic heterocycles. The first-order valence-electron chi connectivity index (χ1n) is 8.62. The van der Waals surface area contributed by atoms with Crippen molar-refractivity contribution in [3.8, 4) is 0 Å². The van der Waals surface area contributed by atoms with Gasteiger partial charge in [-0.1, -0.05) is 30.3 Å². The standard InChI is InChI=1S/C20H17F4NO3S/c21-18-9-3-4-10-19(18)29(26,27)25(14-16-7-5-13-28-16)12-11-15-6-1-2-8-17(15)20(22,23)24/h1-10,13H,11-12,14H2. The zero-order valence-corrected chi connectivity index (χ0v) is 15.9. The van der Waals surface area contributed by atoms with Crippen molar-refractivity contribution in [1.29, 1.82) is 0 Å². The maximum atomic E-state index is 14.1. The molecule has 0 atom stereocenters. The minimum Gasteiger partial charge on any atom is -0.468 e. The number of benzene rings is 2. The van der Waals surface area contributed by atoms with Crippen LogP contribution >= 0.6 is 0 Å². The molecule has 0 spiro atoms. The number of alkyl halides is 3. The number of furan rings is 1. The van der Waals surface area contributed by atoms with Gasteiger partial charge in [0.15, 0.2) is 0 Å². The van der Waals surface area contributed by atoms with Crippen molar-refractivity contribution in [1.82, 2.24) is 4.31 Å². The van der Waals surface area contributed by atoms with Gasteiger partial charge in [-0.3, -0.25) is 0 Å². The Balaban J connectivity index is 1.93. The second-order valence-corrected chi connectivity index (χ2v) is 8.16. The van der Waals surface area contributed by atoms with Crippen molar-refractivity contribution in [3.63, 3.8) is 0 Å². The van der Waals surface area contributed by atoms with Gasteiger partial charge in [0.1, 0.15) is 16.5 Å². The summed E-state index contributed by atoms with van der Waals surface area (Å²) in [6.45, 7) is -0.525. The first-order chi connectivity index (χ1) is 13.7. The summed E-state index contributed by atoms with van der Waals surface area (Å²) in [4.78, 5) is -0.546. The van der Waals surface area contributed by atoms with Crippen molar-refractivity contribution in [2.75, 3.05) is 6.54 Å². The Morgan fingerprint density at radius 1 is 0.931 bits per heavy atom. The van der Waals surface area contributed by atoms with Crippen molar-refractivity contribution >= 4 is 10.0 Å². The molecule has 0 saturated carbocycles. The highest BCUT2D eigenvalue weighted by molar-refractivity contribution is 7.89. The SMILES string of the molecule is O=S(=O)(c1ccccc1F)N(CCc1ccccc1C(F)(F)F)Cc1ccco1. The van der Waals surface area contributed by atoms with Crippen LogP contribution in [-0.4, -0.2) is 19.3 Å². The Morgan fingerprint density at radius 2 is 1.62 bits per heavy atom. The summed E-state index contributed by atoms with van der Waals surface area (Å²) in [6, 6.07) is 12.9. The van der Waals surface area contributed by atoms with E-state index in [0.29, 0.717) is 0 Å². The first kappa shape index (κ1) is 21.1. The van der Waals surface area contributed by atoms with Gasteiger partial charge in [-0.15, -0.1) is 0 Å². The van der Waals surface area contributed by atoms with Gasteiger partial charge in [-0.2, -0.15) is 17.5 Å². The van der Waals surface area contributed by atoms with Crippen molar-refractivity contribution in [2.24, 2.45) is 0 Å². The van der Waals surface area contributed by atoms with E-state index in [4.69, 9.17) is 4.42 Å². The number of hydrogen-bond acceptors (Lipinski definition) is 3. The van der Waals surface area contributed by atoms with Crippen LogP contribution in [-0.2, 0) is 29.2 Å². The summed E-state index contributed by atoms with van der Waals surface area (Å²) in [5.41, 5.74) is -0.880. The van der Waals surface area contributed by atoms with Crippen molar-refractivity contribution in [3.05, 3.63) is 89.6 Å². The molecule has 2 aromatic carbocycles. The topological polar surface area (TPSA) is 50.5 Å². The van der Waals surface area contributed by atoms with E-state index < -0.39 is 32.5 Å². The predicted octanol–water partition coefficient (Wildman–Crippen LogP) is 4.87. The Labute approximate surface area is 165 Å². The highest BCUT2D eigenvalue weighted by Crippen LogP contribution is 2.32. The van der Waals surface area contributed by atoms with E-state index in [1.807, 2.05) is 0 Å². The minimum atomic E-state index is -4.56. The van der Waals surface area contributed by atoms with E-state index in [0.717, 1.165) is 22.5 Å². The Kier molecular flexibility index (Phi) is 6.09. The molecular weight excluding hydrogens is 410 g/mol. The van der Waals surface area contributed by atoms with Crippen molar-refractivity contribution < 1.29 is 30.4 Å². The predicted molar refractivity (Wildman–Crippen MR) is 97.9 cm³/mol. The van der Waals surface area contributed by atoms with Crippen LogP contribution in [0.3, 0.4) is 0 Å².